The molecule has 1 N–H and O–H groups in total. The molecule has 7 nitrogen and oxygen atoms in total. The molecule has 1 saturated heterocycles. The van der Waals surface area contributed by atoms with Gasteiger partial charge in [0, 0.05) is 17.5 Å². The zero-order valence-electron chi connectivity index (χ0n) is 16.0. The fourth-order valence-electron chi connectivity index (χ4n) is 3.03. The Morgan fingerprint density at radius 1 is 1.22 bits per heavy atom. The number of rotatable bonds is 4. The maximum atomic E-state index is 12.7. The van der Waals surface area contributed by atoms with Crippen LogP contribution in [-0.2, 0) is 9.59 Å². The van der Waals surface area contributed by atoms with E-state index in [4.69, 9.17) is 4.74 Å². The fraction of sp³-hybridized carbons (Fsp3) is 0.474. The molecule has 1 fully saturated rings. The lowest BCUT2D eigenvalue weighted by atomic mass is 9.94. The van der Waals surface area contributed by atoms with Crippen LogP contribution in [0.15, 0.2) is 24.3 Å². The minimum Gasteiger partial charge on any atom is -0.497 e. The van der Waals surface area contributed by atoms with Gasteiger partial charge in [-0.3, -0.25) is 14.9 Å². The topological polar surface area (TPSA) is 84.4 Å². The summed E-state index contributed by atoms with van der Waals surface area (Å²) in [7, 11) is 1.62. The smallest absolute Gasteiger partial charge is 0.249 e. The summed E-state index contributed by atoms with van der Waals surface area (Å²) in [5, 5.41) is 12.2. The standard InChI is InChI=1S/C19H24N4O3S/c1-19(2,3)17(25)23-11-5-6-14(23)15(24)20-18-22-21-16(27-18)12-7-9-13(26-4)10-8-12/h7-10,14H,5-6,11H2,1-4H3,(H,20,22,24)/t14-/m0/s1. The summed E-state index contributed by atoms with van der Waals surface area (Å²) in [4.78, 5) is 27.0. The van der Waals surface area contributed by atoms with Crippen LogP contribution in [0.25, 0.3) is 10.6 Å². The van der Waals surface area contributed by atoms with E-state index in [1.165, 1.54) is 11.3 Å². The molecule has 0 unspecified atom stereocenters. The van der Waals surface area contributed by atoms with E-state index in [9.17, 15) is 9.59 Å². The number of anilines is 1. The number of likely N-dealkylation sites (tertiary alicyclic amines) is 1. The van der Waals surface area contributed by atoms with E-state index in [-0.39, 0.29) is 11.8 Å². The first kappa shape index (κ1) is 19.3. The van der Waals surface area contributed by atoms with Crippen LogP contribution in [0.4, 0.5) is 5.13 Å². The Morgan fingerprint density at radius 3 is 2.56 bits per heavy atom. The van der Waals surface area contributed by atoms with Crippen LogP contribution < -0.4 is 10.1 Å². The molecule has 0 spiro atoms. The SMILES string of the molecule is COc1ccc(-c2nnc(NC(=O)[C@@H]3CCCN3C(=O)C(C)(C)C)s2)cc1. The second-order valence-corrected chi connectivity index (χ2v) is 8.51. The first-order chi connectivity index (χ1) is 12.8. The van der Waals surface area contributed by atoms with Crippen LogP contribution >= 0.6 is 11.3 Å². The van der Waals surface area contributed by atoms with Crippen molar-refractivity contribution >= 4 is 28.3 Å². The Morgan fingerprint density at radius 2 is 1.93 bits per heavy atom. The molecule has 0 radical (unpaired) electrons. The zero-order chi connectivity index (χ0) is 19.6. The normalized spacial score (nSPS) is 17.0. The summed E-state index contributed by atoms with van der Waals surface area (Å²) in [6.07, 6.45) is 1.49. The third kappa shape index (κ3) is 4.27. The number of benzene rings is 1. The van der Waals surface area contributed by atoms with Gasteiger partial charge in [-0.1, -0.05) is 32.1 Å². The van der Waals surface area contributed by atoms with E-state index in [2.05, 4.69) is 15.5 Å². The molecule has 27 heavy (non-hydrogen) atoms. The van der Waals surface area contributed by atoms with Crippen molar-refractivity contribution < 1.29 is 14.3 Å². The summed E-state index contributed by atoms with van der Waals surface area (Å²) >= 11 is 1.30. The molecule has 1 aliphatic heterocycles. The molecule has 144 valence electrons. The van der Waals surface area contributed by atoms with Crippen molar-refractivity contribution in [3.05, 3.63) is 24.3 Å². The lowest BCUT2D eigenvalue weighted by molar-refractivity contribution is -0.143. The van der Waals surface area contributed by atoms with Gasteiger partial charge >= 0.3 is 0 Å². The molecular formula is C19H24N4O3S. The molecule has 0 saturated carbocycles. The maximum Gasteiger partial charge on any atom is 0.249 e. The largest absolute Gasteiger partial charge is 0.497 e. The summed E-state index contributed by atoms with van der Waals surface area (Å²) in [6.45, 7) is 6.22. The van der Waals surface area contributed by atoms with Gasteiger partial charge < -0.3 is 9.64 Å². The van der Waals surface area contributed by atoms with Crippen molar-refractivity contribution in [3.63, 3.8) is 0 Å². The average molecular weight is 388 g/mol. The molecule has 2 aromatic rings. The van der Waals surface area contributed by atoms with Gasteiger partial charge in [-0.2, -0.15) is 0 Å². The van der Waals surface area contributed by atoms with Gasteiger partial charge in [0.2, 0.25) is 16.9 Å². The van der Waals surface area contributed by atoms with E-state index < -0.39 is 11.5 Å². The predicted molar refractivity (Wildman–Crippen MR) is 105 cm³/mol. The van der Waals surface area contributed by atoms with E-state index in [1.807, 2.05) is 45.0 Å². The quantitative estimate of drug-likeness (QED) is 0.869. The van der Waals surface area contributed by atoms with Gasteiger partial charge in [0.25, 0.3) is 0 Å². The first-order valence-electron chi connectivity index (χ1n) is 8.89. The predicted octanol–water partition coefficient (Wildman–Crippen LogP) is 3.19. The van der Waals surface area contributed by atoms with Crippen molar-refractivity contribution in [1.82, 2.24) is 15.1 Å². The lowest BCUT2D eigenvalue weighted by Gasteiger charge is -2.29. The highest BCUT2D eigenvalue weighted by atomic mass is 32.1. The minimum absolute atomic E-state index is 0.00339. The first-order valence-corrected chi connectivity index (χ1v) is 9.71. The van der Waals surface area contributed by atoms with E-state index >= 15 is 0 Å². The van der Waals surface area contributed by atoms with E-state index in [0.717, 1.165) is 17.7 Å². The van der Waals surface area contributed by atoms with Gasteiger partial charge in [0.15, 0.2) is 0 Å². The monoisotopic (exact) mass is 388 g/mol. The second kappa shape index (κ2) is 7.64. The van der Waals surface area contributed by atoms with Crippen molar-refractivity contribution in [2.45, 2.75) is 39.7 Å². The van der Waals surface area contributed by atoms with Crippen LogP contribution in [0.2, 0.25) is 0 Å². The number of carbonyl (C=O) groups excluding carboxylic acids is 2. The molecular weight excluding hydrogens is 364 g/mol. The molecule has 2 heterocycles. The van der Waals surface area contributed by atoms with Crippen molar-refractivity contribution in [1.29, 1.82) is 0 Å². The fourth-order valence-corrected chi connectivity index (χ4v) is 3.78. The number of nitrogens with zero attached hydrogens (tertiary/aromatic N) is 3. The number of nitrogens with one attached hydrogen (secondary N) is 1. The number of methoxy groups -OCH3 is 1. The summed E-state index contributed by atoms with van der Waals surface area (Å²) in [5.41, 5.74) is 0.395. The van der Waals surface area contributed by atoms with E-state index in [0.29, 0.717) is 23.1 Å². The maximum absolute atomic E-state index is 12.7. The number of amides is 2. The average Bonchev–Trinajstić information content (AvgIpc) is 3.29. The minimum atomic E-state index is -0.507. The molecule has 1 aromatic carbocycles. The van der Waals surface area contributed by atoms with Gasteiger partial charge in [0.1, 0.15) is 16.8 Å². The molecule has 8 heteroatoms. The molecule has 0 aliphatic carbocycles. The molecule has 3 rings (SSSR count). The van der Waals surface area contributed by atoms with Gasteiger partial charge in [-0.25, -0.2) is 0 Å². The molecule has 2 amide bonds. The Balaban J connectivity index is 1.69. The molecule has 1 atom stereocenters. The Labute approximate surface area is 162 Å². The lowest BCUT2D eigenvalue weighted by Crippen LogP contribution is -2.47. The van der Waals surface area contributed by atoms with Gasteiger partial charge in [0.05, 0.1) is 7.11 Å². The highest BCUT2D eigenvalue weighted by molar-refractivity contribution is 7.18. The third-order valence-corrected chi connectivity index (χ3v) is 5.34. The highest BCUT2D eigenvalue weighted by Gasteiger charge is 2.38. The molecule has 1 aromatic heterocycles. The zero-order valence-corrected chi connectivity index (χ0v) is 16.8. The van der Waals surface area contributed by atoms with E-state index in [1.54, 1.807) is 12.0 Å². The number of carbonyl (C=O) groups is 2. The number of ether oxygens (including phenoxy) is 1. The third-order valence-electron chi connectivity index (χ3n) is 4.45. The van der Waals surface area contributed by atoms with Gasteiger partial charge in [-0.05, 0) is 37.1 Å². The van der Waals surface area contributed by atoms with Crippen LogP contribution in [0.5, 0.6) is 5.75 Å². The number of hydrogen-bond donors (Lipinski definition) is 1. The van der Waals surface area contributed by atoms with Crippen LogP contribution in [0.1, 0.15) is 33.6 Å². The second-order valence-electron chi connectivity index (χ2n) is 7.54. The molecule has 1 aliphatic rings. The number of hydrogen-bond acceptors (Lipinski definition) is 6. The number of aromatic nitrogens is 2. The summed E-state index contributed by atoms with van der Waals surface area (Å²) in [5.74, 6) is 0.556. The molecule has 0 bridgehead atoms. The summed E-state index contributed by atoms with van der Waals surface area (Å²) in [6, 6.07) is 7.04. The highest BCUT2D eigenvalue weighted by Crippen LogP contribution is 2.29. The van der Waals surface area contributed by atoms with Crippen LogP contribution in [0, 0.1) is 5.41 Å². The Bertz CT molecular complexity index is 826. The Hall–Kier alpha value is -2.48. The van der Waals surface area contributed by atoms with Crippen molar-refractivity contribution in [3.8, 4) is 16.3 Å². The summed E-state index contributed by atoms with van der Waals surface area (Å²) < 4.78 is 5.15. The Kier molecular flexibility index (Phi) is 5.46. The van der Waals surface area contributed by atoms with Gasteiger partial charge in [-0.15, -0.1) is 10.2 Å². The van der Waals surface area contributed by atoms with Crippen molar-refractivity contribution in [2.75, 3.05) is 19.0 Å². The van der Waals surface area contributed by atoms with Crippen LogP contribution in [0.3, 0.4) is 0 Å². The van der Waals surface area contributed by atoms with Crippen LogP contribution in [-0.4, -0.2) is 46.6 Å². The van der Waals surface area contributed by atoms with Crippen molar-refractivity contribution in [2.24, 2.45) is 5.41 Å².